The Morgan fingerprint density at radius 1 is 1.38 bits per heavy atom. The molecule has 0 saturated carbocycles. The molecule has 1 rings (SSSR count). The number of anilines is 1. The van der Waals surface area contributed by atoms with E-state index in [0.29, 0.717) is 17.4 Å². The van der Waals surface area contributed by atoms with Crippen molar-refractivity contribution >= 4 is 11.7 Å². The predicted molar refractivity (Wildman–Crippen MR) is 86.2 cm³/mol. The summed E-state index contributed by atoms with van der Waals surface area (Å²) in [6.45, 7) is 9.80. The summed E-state index contributed by atoms with van der Waals surface area (Å²) in [6, 6.07) is 2.36. The van der Waals surface area contributed by atoms with E-state index in [-0.39, 0.29) is 5.56 Å². The SMILES string of the molecule is Cc1cc(NCCCCN(C)C(C)C)c(C(=O)O)c(C)n1. The van der Waals surface area contributed by atoms with Gasteiger partial charge in [0.1, 0.15) is 5.56 Å². The molecular weight excluding hydrogens is 266 g/mol. The van der Waals surface area contributed by atoms with E-state index in [9.17, 15) is 9.90 Å². The summed E-state index contributed by atoms with van der Waals surface area (Å²) in [5, 5.41) is 12.5. The van der Waals surface area contributed by atoms with Crippen molar-refractivity contribution in [2.24, 2.45) is 0 Å². The van der Waals surface area contributed by atoms with Crippen LogP contribution < -0.4 is 5.32 Å². The third-order valence-corrected chi connectivity index (χ3v) is 3.68. The summed E-state index contributed by atoms with van der Waals surface area (Å²) < 4.78 is 0. The van der Waals surface area contributed by atoms with Gasteiger partial charge in [0, 0.05) is 18.3 Å². The topological polar surface area (TPSA) is 65.5 Å². The first-order valence-corrected chi connectivity index (χ1v) is 7.48. The molecule has 1 heterocycles. The molecule has 1 aromatic heterocycles. The lowest BCUT2D eigenvalue weighted by Gasteiger charge is -2.20. The minimum Gasteiger partial charge on any atom is -0.478 e. The van der Waals surface area contributed by atoms with E-state index in [1.54, 1.807) is 13.0 Å². The van der Waals surface area contributed by atoms with Crippen LogP contribution >= 0.6 is 0 Å². The van der Waals surface area contributed by atoms with Gasteiger partial charge in [-0.1, -0.05) is 0 Å². The highest BCUT2D eigenvalue weighted by atomic mass is 16.4. The molecule has 0 aliphatic carbocycles. The molecule has 0 saturated heterocycles. The summed E-state index contributed by atoms with van der Waals surface area (Å²) in [7, 11) is 2.12. The lowest BCUT2D eigenvalue weighted by molar-refractivity contribution is 0.0696. The van der Waals surface area contributed by atoms with Crippen LogP contribution in [0.3, 0.4) is 0 Å². The molecule has 0 aliphatic heterocycles. The Morgan fingerprint density at radius 2 is 2.05 bits per heavy atom. The van der Waals surface area contributed by atoms with Crippen molar-refractivity contribution in [2.45, 2.75) is 46.6 Å². The Hall–Kier alpha value is -1.62. The number of unbranched alkanes of at least 4 members (excludes halogenated alkanes) is 1. The van der Waals surface area contributed by atoms with Crippen LogP contribution in [0.15, 0.2) is 6.07 Å². The number of rotatable bonds is 8. The molecule has 0 fully saturated rings. The van der Waals surface area contributed by atoms with Gasteiger partial charge < -0.3 is 15.3 Å². The average molecular weight is 293 g/mol. The largest absolute Gasteiger partial charge is 0.478 e. The van der Waals surface area contributed by atoms with Gasteiger partial charge in [0.2, 0.25) is 0 Å². The smallest absolute Gasteiger partial charge is 0.339 e. The number of nitrogens with zero attached hydrogens (tertiary/aromatic N) is 2. The molecule has 118 valence electrons. The first kappa shape index (κ1) is 17.4. The van der Waals surface area contributed by atoms with Crippen molar-refractivity contribution < 1.29 is 9.90 Å². The number of aromatic nitrogens is 1. The van der Waals surface area contributed by atoms with Crippen LogP contribution in [-0.4, -0.2) is 47.1 Å². The van der Waals surface area contributed by atoms with Crippen molar-refractivity contribution in [2.75, 3.05) is 25.5 Å². The molecule has 2 N–H and O–H groups in total. The number of aromatic carboxylic acids is 1. The van der Waals surface area contributed by atoms with Gasteiger partial charge in [0.15, 0.2) is 0 Å². The monoisotopic (exact) mass is 293 g/mol. The number of carbonyl (C=O) groups is 1. The molecule has 0 bridgehead atoms. The molecule has 0 atom stereocenters. The number of hydrogen-bond acceptors (Lipinski definition) is 4. The molecule has 0 unspecified atom stereocenters. The number of pyridine rings is 1. The normalized spacial score (nSPS) is 11.2. The molecule has 5 nitrogen and oxygen atoms in total. The standard InChI is InChI=1S/C16H27N3O2/c1-11(2)19(5)9-7-6-8-17-14-10-12(3)18-13(4)15(14)16(20)21/h10-11H,6-9H2,1-5H3,(H,17,18)(H,20,21). The van der Waals surface area contributed by atoms with Crippen LogP contribution in [0.4, 0.5) is 5.69 Å². The van der Waals surface area contributed by atoms with Gasteiger partial charge >= 0.3 is 5.97 Å². The van der Waals surface area contributed by atoms with E-state index >= 15 is 0 Å². The summed E-state index contributed by atoms with van der Waals surface area (Å²) in [5.41, 5.74) is 2.34. The van der Waals surface area contributed by atoms with Crippen molar-refractivity contribution in [3.63, 3.8) is 0 Å². The van der Waals surface area contributed by atoms with Crippen molar-refractivity contribution in [1.82, 2.24) is 9.88 Å². The molecule has 5 heteroatoms. The number of aryl methyl sites for hydroxylation is 2. The zero-order chi connectivity index (χ0) is 16.0. The third-order valence-electron chi connectivity index (χ3n) is 3.68. The maximum absolute atomic E-state index is 11.3. The van der Waals surface area contributed by atoms with E-state index in [1.807, 2.05) is 6.92 Å². The number of nitrogens with one attached hydrogen (secondary N) is 1. The second-order valence-electron chi connectivity index (χ2n) is 5.78. The number of carboxylic acid groups (broad SMARTS) is 1. The highest BCUT2D eigenvalue weighted by Gasteiger charge is 2.14. The average Bonchev–Trinajstić information content (AvgIpc) is 2.36. The zero-order valence-electron chi connectivity index (χ0n) is 13.7. The predicted octanol–water partition coefficient (Wildman–Crippen LogP) is 2.93. The fraction of sp³-hybridized carbons (Fsp3) is 0.625. The van der Waals surface area contributed by atoms with Crippen LogP contribution in [0.5, 0.6) is 0 Å². The highest BCUT2D eigenvalue weighted by molar-refractivity contribution is 5.95. The Balaban J connectivity index is 2.54. The van der Waals surface area contributed by atoms with Gasteiger partial charge in [-0.2, -0.15) is 0 Å². The molecule has 0 radical (unpaired) electrons. The van der Waals surface area contributed by atoms with E-state index in [4.69, 9.17) is 0 Å². The van der Waals surface area contributed by atoms with Crippen LogP contribution in [0, 0.1) is 13.8 Å². The van der Waals surface area contributed by atoms with Gasteiger partial charge in [0.25, 0.3) is 0 Å². The van der Waals surface area contributed by atoms with Crippen LogP contribution in [-0.2, 0) is 0 Å². The molecule has 0 spiro atoms. The second kappa shape index (κ2) is 7.98. The van der Waals surface area contributed by atoms with Gasteiger partial charge in [-0.05, 0) is 60.2 Å². The van der Waals surface area contributed by atoms with E-state index in [2.05, 4.69) is 36.1 Å². The quantitative estimate of drug-likeness (QED) is 0.721. The maximum atomic E-state index is 11.3. The Kier molecular flexibility index (Phi) is 6.62. The van der Waals surface area contributed by atoms with E-state index < -0.39 is 5.97 Å². The summed E-state index contributed by atoms with van der Waals surface area (Å²) >= 11 is 0. The summed E-state index contributed by atoms with van der Waals surface area (Å²) in [6.07, 6.45) is 2.10. The Morgan fingerprint density at radius 3 is 2.62 bits per heavy atom. The first-order valence-electron chi connectivity index (χ1n) is 7.48. The van der Waals surface area contributed by atoms with Gasteiger partial charge in [-0.15, -0.1) is 0 Å². The minimum absolute atomic E-state index is 0.278. The lowest BCUT2D eigenvalue weighted by Crippen LogP contribution is -2.27. The van der Waals surface area contributed by atoms with Gasteiger partial charge in [-0.3, -0.25) is 4.98 Å². The van der Waals surface area contributed by atoms with Crippen LogP contribution in [0.1, 0.15) is 48.4 Å². The third kappa shape index (κ3) is 5.34. The first-order chi connectivity index (χ1) is 9.82. The summed E-state index contributed by atoms with van der Waals surface area (Å²) in [4.78, 5) is 17.8. The minimum atomic E-state index is -0.929. The van der Waals surface area contributed by atoms with Crippen molar-refractivity contribution in [3.05, 3.63) is 23.0 Å². The van der Waals surface area contributed by atoms with Crippen LogP contribution in [0.25, 0.3) is 0 Å². The van der Waals surface area contributed by atoms with Gasteiger partial charge in [0.05, 0.1) is 11.4 Å². The van der Waals surface area contributed by atoms with E-state index in [1.165, 1.54) is 0 Å². The fourth-order valence-electron chi connectivity index (χ4n) is 2.21. The number of carboxylic acids is 1. The molecular formula is C16H27N3O2. The highest BCUT2D eigenvalue weighted by Crippen LogP contribution is 2.19. The Bertz CT molecular complexity index is 487. The van der Waals surface area contributed by atoms with Crippen LogP contribution in [0.2, 0.25) is 0 Å². The van der Waals surface area contributed by atoms with Crippen molar-refractivity contribution in [3.8, 4) is 0 Å². The maximum Gasteiger partial charge on any atom is 0.339 e. The summed E-state index contributed by atoms with van der Waals surface area (Å²) in [5.74, 6) is -0.929. The molecule has 0 aliphatic rings. The molecule has 21 heavy (non-hydrogen) atoms. The van der Waals surface area contributed by atoms with Crippen molar-refractivity contribution in [1.29, 1.82) is 0 Å². The molecule has 1 aromatic rings. The molecule has 0 amide bonds. The fourth-order valence-corrected chi connectivity index (χ4v) is 2.21. The van der Waals surface area contributed by atoms with E-state index in [0.717, 1.165) is 31.6 Å². The lowest BCUT2D eigenvalue weighted by atomic mass is 10.1. The molecule has 0 aromatic carbocycles. The Labute approximate surface area is 127 Å². The zero-order valence-corrected chi connectivity index (χ0v) is 13.7. The van der Waals surface area contributed by atoms with Gasteiger partial charge in [-0.25, -0.2) is 4.79 Å². The number of hydrogen-bond donors (Lipinski definition) is 2. The second-order valence-corrected chi connectivity index (χ2v) is 5.78.